The summed E-state index contributed by atoms with van der Waals surface area (Å²) in [6, 6.07) is 4.89. The number of carboxylic acids is 1. The Labute approximate surface area is 93.2 Å². The molecule has 0 atom stereocenters. The number of rotatable bonds is 3. The Morgan fingerprint density at radius 3 is 2.62 bits per heavy atom. The highest BCUT2D eigenvalue weighted by atomic mass is 16.5. The zero-order valence-electron chi connectivity index (χ0n) is 9.06. The Morgan fingerprint density at radius 1 is 1.38 bits per heavy atom. The van der Waals surface area contributed by atoms with Crippen LogP contribution in [0, 0.1) is 6.92 Å². The molecule has 1 rings (SSSR count). The van der Waals surface area contributed by atoms with Gasteiger partial charge in [0.25, 0.3) is 0 Å². The third-order valence-corrected chi connectivity index (χ3v) is 2.21. The van der Waals surface area contributed by atoms with Crippen molar-refractivity contribution in [3.63, 3.8) is 0 Å². The molecule has 0 aromatic heterocycles. The number of aromatic carboxylic acids is 1. The van der Waals surface area contributed by atoms with Gasteiger partial charge in [0, 0.05) is 6.08 Å². The molecule has 4 heteroatoms. The second-order valence-electron chi connectivity index (χ2n) is 3.18. The Kier molecular flexibility index (Phi) is 3.83. The van der Waals surface area contributed by atoms with Crippen LogP contribution >= 0.6 is 0 Å². The van der Waals surface area contributed by atoms with Gasteiger partial charge in [-0.3, -0.25) is 0 Å². The SMILES string of the molecule is COC(=O)C=Cc1cccc(C(=O)O)c1C. The summed E-state index contributed by atoms with van der Waals surface area (Å²) < 4.78 is 4.45. The van der Waals surface area contributed by atoms with E-state index in [4.69, 9.17) is 5.11 Å². The third-order valence-electron chi connectivity index (χ3n) is 2.21. The first kappa shape index (κ1) is 12.0. The summed E-state index contributed by atoms with van der Waals surface area (Å²) in [5, 5.41) is 8.90. The normalized spacial score (nSPS) is 10.4. The van der Waals surface area contributed by atoms with Gasteiger partial charge in [0.05, 0.1) is 12.7 Å². The van der Waals surface area contributed by atoms with E-state index in [2.05, 4.69) is 4.74 Å². The fourth-order valence-corrected chi connectivity index (χ4v) is 1.29. The standard InChI is InChI=1S/C12H12O4/c1-8-9(6-7-11(13)16-2)4-3-5-10(8)12(14)15/h3-7H,1-2H3,(H,14,15). The molecule has 0 radical (unpaired) electrons. The maximum Gasteiger partial charge on any atom is 0.335 e. The van der Waals surface area contributed by atoms with E-state index in [-0.39, 0.29) is 5.56 Å². The molecule has 16 heavy (non-hydrogen) atoms. The zero-order chi connectivity index (χ0) is 12.1. The van der Waals surface area contributed by atoms with Crippen LogP contribution in [0.5, 0.6) is 0 Å². The number of benzene rings is 1. The minimum absolute atomic E-state index is 0.229. The van der Waals surface area contributed by atoms with Crippen LogP contribution < -0.4 is 0 Å². The van der Waals surface area contributed by atoms with Crippen molar-refractivity contribution in [2.75, 3.05) is 7.11 Å². The van der Waals surface area contributed by atoms with Gasteiger partial charge in [0.2, 0.25) is 0 Å². The molecule has 1 aromatic carbocycles. The van der Waals surface area contributed by atoms with Gasteiger partial charge >= 0.3 is 11.9 Å². The highest BCUT2D eigenvalue weighted by Gasteiger charge is 2.08. The van der Waals surface area contributed by atoms with Gasteiger partial charge in [-0.05, 0) is 30.2 Å². The minimum Gasteiger partial charge on any atom is -0.478 e. The molecule has 1 N–H and O–H groups in total. The van der Waals surface area contributed by atoms with Gasteiger partial charge in [0.15, 0.2) is 0 Å². The lowest BCUT2D eigenvalue weighted by Crippen LogP contribution is -2.01. The predicted octanol–water partition coefficient (Wildman–Crippen LogP) is 1.88. The lowest BCUT2D eigenvalue weighted by atomic mass is 10.0. The number of hydrogen-bond acceptors (Lipinski definition) is 3. The molecule has 0 bridgehead atoms. The quantitative estimate of drug-likeness (QED) is 0.624. The first-order valence-electron chi connectivity index (χ1n) is 4.65. The van der Waals surface area contributed by atoms with Gasteiger partial charge in [-0.2, -0.15) is 0 Å². The van der Waals surface area contributed by atoms with E-state index >= 15 is 0 Å². The van der Waals surface area contributed by atoms with Gasteiger partial charge < -0.3 is 9.84 Å². The summed E-state index contributed by atoms with van der Waals surface area (Å²) in [5.41, 5.74) is 1.53. The smallest absolute Gasteiger partial charge is 0.335 e. The molecular formula is C12H12O4. The summed E-state index contributed by atoms with van der Waals surface area (Å²) in [7, 11) is 1.28. The summed E-state index contributed by atoms with van der Waals surface area (Å²) >= 11 is 0. The van der Waals surface area contributed by atoms with Crippen molar-refractivity contribution in [3.8, 4) is 0 Å². The minimum atomic E-state index is -0.981. The number of esters is 1. The van der Waals surface area contributed by atoms with Crippen molar-refractivity contribution in [1.29, 1.82) is 0 Å². The molecule has 1 aromatic rings. The fraction of sp³-hybridized carbons (Fsp3) is 0.167. The molecule has 0 unspecified atom stereocenters. The van der Waals surface area contributed by atoms with Crippen molar-refractivity contribution in [2.24, 2.45) is 0 Å². The van der Waals surface area contributed by atoms with Gasteiger partial charge in [-0.1, -0.05) is 12.1 Å². The van der Waals surface area contributed by atoms with Crippen molar-refractivity contribution in [2.45, 2.75) is 6.92 Å². The number of methoxy groups -OCH3 is 1. The lowest BCUT2D eigenvalue weighted by Gasteiger charge is -2.03. The van der Waals surface area contributed by atoms with Crippen LogP contribution in [0.15, 0.2) is 24.3 Å². The Bertz CT molecular complexity index is 446. The molecule has 0 amide bonds. The monoisotopic (exact) mass is 220 g/mol. The van der Waals surface area contributed by atoms with Crippen LogP contribution in [0.2, 0.25) is 0 Å². The number of hydrogen-bond donors (Lipinski definition) is 1. The first-order valence-corrected chi connectivity index (χ1v) is 4.65. The molecule has 0 saturated heterocycles. The van der Waals surface area contributed by atoms with E-state index in [1.807, 2.05) is 0 Å². The molecule has 84 valence electrons. The van der Waals surface area contributed by atoms with Gasteiger partial charge in [-0.25, -0.2) is 9.59 Å². The largest absolute Gasteiger partial charge is 0.478 e. The molecule has 0 saturated carbocycles. The Morgan fingerprint density at radius 2 is 2.06 bits per heavy atom. The first-order chi connectivity index (χ1) is 7.56. The fourth-order valence-electron chi connectivity index (χ4n) is 1.29. The van der Waals surface area contributed by atoms with E-state index in [1.165, 1.54) is 25.3 Å². The molecule has 0 spiro atoms. The number of carbonyl (C=O) groups is 2. The van der Waals surface area contributed by atoms with Crippen molar-refractivity contribution < 1.29 is 19.4 Å². The van der Waals surface area contributed by atoms with Crippen LogP contribution in [0.1, 0.15) is 21.5 Å². The van der Waals surface area contributed by atoms with Crippen LogP contribution in [-0.4, -0.2) is 24.2 Å². The molecule has 0 aliphatic carbocycles. The number of carbonyl (C=O) groups excluding carboxylic acids is 1. The van der Waals surface area contributed by atoms with E-state index in [0.717, 1.165) is 0 Å². The maximum absolute atomic E-state index is 10.9. The Hall–Kier alpha value is -2.10. The lowest BCUT2D eigenvalue weighted by molar-refractivity contribution is -0.134. The second-order valence-corrected chi connectivity index (χ2v) is 3.18. The summed E-state index contributed by atoms with van der Waals surface area (Å²) in [4.78, 5) is 21.7. The van der Waals surface area contributed by atoms with E-state index in [0.29, 0.717) is 11.1 Å². The molecule has 0 aliphatic rings. The molecular weight excluding hydrogens is 208 g/mol. The molecule has 0 fully saturated rings. The maximum atomic E-state index is 10.9. The predicted molar refractivity (Wildman–Crippen MR) is 59.2 cm³/mol. The highest BCUT2D eigenvalue weighted by Crippen LogP contribution is 2.15. The molecule has 0 heterocycles. The topological polar surface area (TPSA) is 63.6 Å². The molecule has 0 aliphatic heterocycles. The number of carboxylic acid groups (broad SMARTS) is 1. The number of ether oxygens (including phenoxy) is 1. The van der Waals surface area contributed by atoms with Crippen LogP contribution in [0.3, 0.4) is 0 Å². The van der Waals surface area contributed by atoms with Gasteiger partial charge in [-0.15, -0.1) is 0 Å². The Balaban J connectivity index is 3.07. The average molecular weight is 220 g/mol. The van der Waals surface area contributed by atoms with Crippen molar-refractivity contribution >= 4 is 18.0 Å². The average Bonchev–Trinajstić information content (AvgIpc) is 2.26. The van der Waals surface area contributed by atoms with Crippen LogP contribution in [0.25, 0.3) is 6.08 Å². The highest BCUT2D eigenvalue weighted by molar-refractivity contribution is 5.92. The zero-order valence-corrected chi connectivity index (χ0v) is 9.06. The summed E-state index contributed by atoms with van der Waals surface area (Å²) in [6.45, 7) is 1.69. The van der Waals surface area contributed by atoms with Crippen LogP contribution in [-0.2, 0) is 9.53 Å². The van der Waals surface area contributed by atoms with E-state index < -0.39 is 11.9 Å². The van der Waals surface area contributed by atoms with E-state index in [9.17, 15) is 9.59 Å². The second kappa shape index (κ2) is 5.11. The summed E-state index contributed by atoms with van der Waals surface area (Å²) in [5.74, 6) is -1.45. The van der Waals surface area contributed by atoms with Crippen molar-refractivity contribution in [1.82, 2.24) is 0 Å². The van der Waals surface area contributed by atoms with Crippen molar-refractivity contribution in [3.05, 3.63) is 41.0 Å². The molecule has 4 nitrogen and oxygen atoms in total. The van der Waals surface area contributed by atoms with Gasteiger partial charge in [0.1, 0.15) is 0 Å². The van der Waals surface area contributed by atoms with E-state index in [1.54, 1.807) is 19.1 Å². The summed E-state index contributed by atoms with van der Waals surface area (Å²) in [6.07, 6.45) is 2.79. The van der Waals surface area contributed by atoms with Crippen LogP contribution in [0.4, 0.5) is 0 Å². The third kappa shape index (κ3) is 2.70.